The van der Waals surface area contributed by atoms with Gasteiger partial charge in [0.1, 0.15) is 0 Å². The van der Waals surface area contributed by atoms with E-state index < -0.39 is 0 Å². The van der Waals surface area contributed by atoms with Crippen molar-refractivity contribution in [1.29, 1.82) is 0 Å². The van der Waals surface area contributed by atoms with Gasteiger partial charge in [0.15, 0.2) is 0 Å². The first-order valence-electron chi connectivity index (χ1n) is 6.10. The van der Waals surface area contributed by atoms with Crippen molar-refractivity contribution in [3.05, 3.63) is 0 Å². The lowest BCUT2D eigenvalue weighted by molar-refractivity contribution is -0.0392. The van der Waals surface area contributed by atoms with Crippen LogP contribution in [0.1, 0.15) is 13.3 Å². The molecule has 2 N–H and O–H groups in total. The fraction of sp³-hybridized carbons (Fsp3) is 1.00. The summed E-state index contributed by atoms with van der Waals surface area (Å²) in [6, 6.07) is 0.385. The van der Waals surface area contributed by atoms with E-state index in [0.717, 1.165) is 52.3 Å². The van der Waals surface area contributed by atoms with Gasteiger partial charge in [-0.25, -0.2) is 0 Å². The fourth-order valence-electron chi connectivity index (χ4n) is 2.49. The lowest BCUT2D eigenvalue weighted by atomic mass is 10.2. The van der Waals surface area contributed by atoms with Crippen molar-refractivity contribution in [1.82, 2.24) is 9.80 Å². The van der Waals surface area contributed by atoms with E-state index in [1.807, 2.05) is 0 Å². The summed E-state index contributed by atoms with van der Waals surface area (Å²) < 4.78 is 5.78. The summed E-state index contributed by atoms with van der Waals surface area (Å²) in [6.07, 6.45) is 1.54. The van der Waals surface area contributed by atoms with Crippen LogP contribution in [0, 0.1) is 0 Å². The van der Waals surface area contributed by atoms with Gasteiger partial charge >= 0.3 is 0 Å². The predicted molar refractivity (Wildman–Crippen MR) is 60.9 cm³/mol. The van der Waals surface area contributed by atoms with E-state index in [1.54, 1.807) is 0 Å². The van der Waals surface area contributed by atoms with E-state index in [2.05, 4.69) is 16.7 Å². The van der Waals surface area contributed by atoms with Crippen LogP contribution in [0.3, 0.4) is 0 Å². The number of ether oxygens (including phenoxy) is 1. The minimum atomic E-state index is 0.385. The summed E-state index contributed by atoms with van der Waals surface area (Å²) in [5, 5.41) is 0. The lowest BCUT2D eigenvalue weighted by Gasteiger charge is -2.34. The molecule has 2 heterocycles. The number of nitrogens with two attached hydrogens (primary N) is 1. The molecule has 0 bridgehead atoms. The molecule has 0 spiro atoms. The molecule has 0 aromatic rings. The first kappa shape index (κ1) is 11.3. The largest absolute Gasteiger partial charge is 0.374 e. The molecule has 0 amide bonds. The highest BCUT2D eigenvalue weighted by atomic mass is 16.5. The third-order valence-electron chi connectivity index (χ3n) is 3.44. The van der Waals surface area contributed by atoms with Crippen LogP contribution in [0.15, 0.2) is 0 Å². The van der Waals surface area contributed by atoms with E-state index in [1.165, 1.54) is 0 Å². The van der Waals surface area contributed by atoms with Gasteiger partial charge in [0, 0.05) is 32.2 Å². The Hall–Kier alpha value is -0.160. The minimum Gasteiger partial charge on any atom is -0.374 e. The number of hydrogen-bond acceptors (Lipinski definition) is 4. The Kier molecular flexibility index (Phi) is 3.97. The average Bonchev–Trinajstić information content (AvgIpc) is 2.64. The van der Waals surface area contributed by atoms with Crippen LogP contribution < -0.4 is 5.73 Å². The Bertz CT molecular complexity index is 200. The molecule has 0 aliphatic carbocycles. The molecule has 2 atom stereocenters. The van der Waals surface area contributed by atoms with Crippen LogP contribution in [0.25, 0.3) is 0 Å². The Morgan fingerprint density at radius 3 is 2.80 bits per heavy atom. The molecule has 2 saturated heterocycles. The quantitative estimate of drug-likeness (QED) is 0.701. The number of likely N-dealkylation sites (tertiary alicyclic amines) is 1. The molecule has 1 unspecified atom stereocenters. The highest BCUT2D eigenvalue weighted by Gasteiger charge is 2.25. The lowest BCUT2D eigenvalue weighted by Crippen LogP contribution is -2.47. The summed E-state index contributed by atoms with van der Waals surface area (Å²) in [6.45, 7) is 9.67. The van der Waals surface area contributed by atoms with Crippen molar-refractivity contribution in [2.75, 3.05) is 45.9 Å². The van der Waals surface area contributed by atoms with Crippen molar-refractivity contribution in [2.45, 2.75) is 25.5 Å². The van der Waals surface area contributed by atoms with Crippen molar-refractivity contribution < 1.29 is 4.74 Å². The van der Waals surface area contributed by atoms with E-state index in [0.29, 0.717) is 12.1 Å². The first-order valence-corrected chi connectivity index (χ1v) is 6.10. The molecule has 0 aromatic heterocycles. The normalized spacial score (nSPS) is 34.8. The van der Waals surface area contributed by atoms with Gasteiger partial charge in [0.2, 0.25) is 0 Å². The molecular weight excluding hydrogens is 190 g/mol. The second-order valence-electron chi connectivity index (χ2n) is 4.69. The molecule has 88 valence electrons. The van der Waals surface area contributed by atoms with Gasteiger partial charge < -0.3 is 10.5 Å². The number of likely N-dealkylation sites (N-methyl/N-ethyl adjacent to an activating group) is 1. The SMILES string of the molecule is CCN1CCOC(CN2CC[C@@H](N)C2)C1. The highest BCUT2D eigenvalue weighted by Crippen LogP contribution is 2.11. The standard InChI is InChI=1S/C11H23N3O/c1-2-13-5-6-15-11(8-13)9-14-4-3-10(12)7-14/h10-11H,2-9,12H2,1H3/t10-,11?/m1/s1. The number of nitrogens with zero attached hydrogens (tertiary/aromatic N) is 2. The predicted octanol–water partition coefficient (Wildman–Crippen LogP) is -0.260. The van der Waals surface area contributed by atoms with Crippen molar-refractivity contribution in [3.8, 4) is 0 Å². The maximum atomic E-state index is 5.89. The van der Waals surface area contributed by atoms with Gasteiger partial charge in [-0.2, -0.15) is 0 Å². The molecule has 2 aliphatic rings. The third-order valence-corrected chi connectivity index (χ3v) is 3.44. The topological polar surface area (TPSA) is 41.7 Å². The maximum Gasteiger partial charge on any atom is 0.0829 e. The molecule has 2 fully saturated rings. The zero-order chi connectivity index (χ0) is 10.7. The summed E-state index contributed by atoms with van der Waals surface area (Å²) in [7, 11) is 0. The maximum absolute atomic E-state index is 5.89. The average molecular weight is 213 g/mol. The van der Waals surface area contributed by atoms with E-state index in [-0.39, 0.29) is 0 Å². The van der Waals surface area contributed by atoms with Gasteiger partial charge in [-0.15, -0.1) is 0 Å². The van der Waals surface area contributed by atoms with Crippen LogP contribution in [-0.2, 0) is 4.74 Å². The fourth-order valence-corrected chi connectivity index (χ4v) is 2.49. The molecular formula is C11H23N3O. The second kappa shape index (κ2) is 5.25. The Morgan fingerprint density at radius 2 is 2.13 bits per heavy atom. The molecule has 4 heteroatoms. The van der Waals surface area contributed by atoms with Crippen LogP contribution in [0.2, 0.25) is 0 Å². The van der Waals surface area contributed by atoms with E-state index in [9.17, 15) is 0 Å². The van der Waals surface area contributed by atoms with Crippen molar-refractivity contribution in [3.63, 3.8) is 0 Å². The van der Waals surface area contributed by atoms with Crippen molar-refractivity contribution >= 4 is 0 Å². The van der Waals surface area contributed by atoms with Gasteiger partial charge in [-0.1, -0.05) is 6.92 Å². The molecule has 2 rings (SSSR count). The van der Waals surface area contributed by atoms with Crippen LogP contribution in [0.4, 0.5) is 0 Å². The number of morpholine rings is 1. The summed E-state index contributed by atoms with van der Waals surface area (Å²) in [5.74, 6) is 0. The minimum absolute atomic E-state index is 0.385. The van der Waals surface area contributed by atoms with Crippen LogP contribution >= 0.6 is 0 Å². The summed E-state index contributed by atoms with van der Waals surface area (Å²) in [5.41, 5.74) is 5.89. The highest BCUT2D eigenvalue weighted by molar-refractivity contribution is 4.81. The summed E-state index contributed by atoms with van der Waals surface area (Å²) >= 11 is 0. The smallest absolute Gasteiger partial charge is 0.0829 e. The van der Waals surface area contributed by atoms with Gasteiger partial charge in [-0.3, -0.25) is 9.80 Å². The molecule has 15 heavy (non-hydrogen) atoms. The van der Waals surface area contributed by atoms with Crippen LogP contribution in [-0.4, -0.2) is 67.8 Å². The number of rotatable bonds is 3. The van der Waals surface area contributed by atoms with E-state index >= 15 is 0 Å². The Labute approximate surface area is 92.4 Å². The zero-order valence-corrected chi connectivity index (χ0v) is 9.69. The van der Waals surface area contributed by atoms with Crippen LogP contribution in [0.5, 0.6) is 0 Å². The Morgan fingerprint density at radius 1 is 1.27 bits per heavy atom. The molecule has 2 aliphatic heterocycles. The Balaban J connectivity index is 1.74. The van der Waals surface area contributed by atoms with E-state index in [4.69, 9.17) is 10.5 Å². The second-order valence-corrected chi connectivity index (χ2v) is 4.69. The summed E-state index contributed by atoms with van der Waals surface area (Å²) in [4.78, 5) is 4.90. The first-order chi connectivity index (χ1) is 7.28. The zero-order valence-electron chi connectivity index (χ0n) is 9.69. The molecule has 0 radical (unpaired) electrons. The molecule has 4 nitrogen and oxygen atoms in total. The van der Waals surface area contributed by atoms with Crippen molar-refractivity contribution in [2.24, 2.45) is 5.73 Å². The van der Waals surface area contributed by atoms with Gasteiger partial charge in [-0.05, 0) is 19.5 Å². The van der Waals surface area contributed by atoms with Gasteiger partial charge in [0.25, 0.3) is 0 Å². The monoisotopic (exact) mass is 213 g/mol. The third kappa shape index (κ3) is 3.14. The molecule has 0 aromatic carbocycles. The van der Waals surface area contributed by atoms with Gasteiger partial charge in [0.05, 0.1) is 12.7 Å². The number of hydrogen-bond donors (Lipinski definition) is 1. The molecule has 0 saturated carbocycles.